The number of hydrogen-bond acceptors (Lipinski definition) is 30. The van der Waals surface area contributed by atoms with Crippen molar-refractivity contribution in [1.82, 2.24) is 29.9 Å². The van der Waals surface area contributed by atoms with E-state index in [0.29, 0.717) is 17.1 Å². The zero-order valence-electron chi connectivity index (χ0n) is 34.8. The zero-order valence-corrected chi connectivity index (χ0v) is 36.8. The number of carbonyl (C=O) groups excluding carboxylic acids is 9. The molecule has 3 aromatic rings. The number of imidazole rings is 3. The molecule has 0 aliphatic rings. The first-order valence-corrected chi connectivity index (χ1v) is 17.9. The minimum Gasteiger partial charge on any atom is -0.547 e. The second kappa shape index (κ2) is 38.8. The van der Waals surface area contributed by atoms with Crippen LogP contribution in [-0.4, -0.2) is 219 Å². The Balaban J connectivity index is -0.000000373. The number of aliphatic hydroxyl groups excluding tert-OH is 12. The van der Waals surface area contributed by atoms with Crippen LogP contribution in [0.25, 0.3) is 18.2 Å². The quantitative estimate of drug-likeness (QED) is 0.0268. The summed E-state index contributed by atoms with van der Waals surface area (Å²) >= 11 is 0. The van der Waals surface area contributed by atoms with Crippen LogP contribution in [-0.2, 0) is 64.2 Å². The monoisotopic (exact) mass is 1090 g/mol. The number of aromatic amines is 3. The molecule has 70 heavy (non-hydrogen) atoms. The number of nitrogens with zero attached hydrogens (tertiary/aromatic N) is 3. The third-order valence-electron chi connectivity index (χ3n) is 6.94. The number of aromatic nitrogens is 6. The number of nitrogens with one attached hydrogen (secondary N) is 3. The molecule has 33 nitrogen and oxygen atoms in total. The Hall–Kier alpha value is -7.11. The number of carboxylic acids is 6. The van der Waals surface area contributed by atoms with Crippen LogP contribution >= 0.6 is 0 Å². The molecule has 0 amide bonds. The van der Waals surface area contributed by atoms with Gasteiger partial charge in [0.2, 0.25) is 0 Å². The first kappa shape index (κ1) is 69.5. The smallest absolute Gasteiger partial charge is 0.547 e. The molecule has 15 N–H and O–H groups in total. The summed E-state index contributed by atoms with van der Waals surface area (Å²) in [6, 6.07) is 0. The maximum atomic E-state index is 9.95. The van der Waals surface area contributed by atoms with Crippen LogP contribution in [0, 0.1) is 0 Å². The molecule has 384 valence electrons. The van der Waals surface area contributed by atoms with E-state index in [0.717, 1.165) is 18.2 Å². The molecule has 3 rings (SSSR count). The van der Waals surface area contributed by atoms with E-state index in [1.54, 1.807) is 18.6 Å². The Morgan fingerprint density at radius 3 is 0.729 bits per heavy atom. The summed E-state index contributed by atoms with van der Waals surface area (Å²) in [4.78, 5) is 108. The van der Waals surface area contributed by atoms with E-state index in [2.05, 4.69) is 29.9 Å². The van der Waals surface area contributed by atoms with Crippen molar-refractivity contribution in [2.24, 2.45) is 0 Å². The molecule has 0 bridgehead atoms. The zero-order chi connectivity index (χ0) is 54.0. The van der Waals surface area contributed by atoms with E-state index < -0.39 is 109 Å². The van der Waals surface area contributed by atoms with Gasteiger partial charge in [-0.05, 0) is 36.5 Å². The first-order chi connectivity index (χ1) is 32.1. The van der Waals surface area contributed by atoms with E-state index in [1.807, 2.05) is 0 Å². The fourth-order valence-corrected chi connectivity index (χ4v) is 3.37. The summed E-state index contributed by atoms with van der Waals surface area (Å²) in [6.45, 7) is 0. The Kier molecular flexibility index (Phi) is 38.5. The fourth-order valence-electron chi connectivity index (χ4n) is 3.37. The molecule has 0 unspecified atom stereocenters. The molecule has 0 aliphatic heterocycles. The van der Waals surface area contributed by atoms with Crippen molar-refractivity contribution >= 4 is 72.9 Å². The third kappa shape index (κ3) is 31.8. The summed E-state index contributed by atoms with van der Waals surface area (Å²) in [5, 5.41) is 164. The molecule has 0 saturated carbocycles. The van der Waals surface area contributed by atoms with Crippen LogP contribution in [0.2, 0.25) is 0 Å². The summed E-state index contributed by atoms with van der Waals surface area (Å²) in [7, 11) is 0. The standard InChI is InChI=1S/3C6H6N2O2.3C6H10O7.Mo/c3*9-6(10)2-1-5-3-7-4-8-5;3*7-1-2(8)3(9)4(10)5(11)6(12)13;/h3*1-4H,(H,7,8)(H,9,10);3*1-5,8-11H,(H,12,13);/q;;;;;;+6/p-6/t;;;3*2-,3+,4-,5-;/m...000./s1. The molecule has 0 spiro atoms. The molecule has 0 radical (unpaired) electrons. The maximum Gasteiger partial charge on any atom is 6.00 e. The van der Waals surface area contributed by atoms with Crippen LogP contribution in [0.3, 0.4) is 0 Å². The van der Waals surface area contributed by atoms with Crippen LogP contribution in [0.4, 0.5) is 0 Å². The van der Waals surface area contributed by atoms with Gasteiger partial charge in [0, 0.05) is 18.6 Å². The summed E-state index contributed by atoms with van der Waals surface area (Å²) < 4.78 is 0. The van der Waals surface area contributed by atoms with Gasteiger partial charge < -0.3 is 150 Å². The second-order valence-electron chi connectivity index (χ2n) is 12.1. The number of carbonyl (C=O) groups is 9. The minimum absolute atomic E-state index is 0. The predicted octanol–water partition coefficient (Wildman–Crippen LogP) is -16.3. The second-order valence-corrected chi connectivity index (χ2v) is 12.1. The van der Waals surface area contributed by atoms with Gasteiger partial charge in [0.1, 0.15) is 73.2 Å². The third-order valence-corrected chi connectivity index (χ3v) is 6.94. The Morgan fingerprint density at radius 1 is 0.400 bits per heavy atom. The van der Waals surface area contributed by atoms with Gasteiger partial charge in [-0.2, -0.15) is 0 Å². The number of aldehydes is 3. The molecular weight excluding hydrogens is 1040 g/mol. The molecule has 3 aromatic heterocycles. The molecule has 12 atom stereocenters. The van der Waals surface area contributed by atoms with Crippen molar-refractivity contribution in [3.05, 3.63) is 72.9 Å². The van der Waals surface area contributed by atoms with Crippen LogP contribution in [0.1, 0.15) is 17.1 Å². The number of H-pyrrole nitrogens is 3. The molecular formula is C36H42MoN6O27. The minimum atomic E-state index is -2.36. The Morgan fingerprint density at radius 2 is 0.600 bits per heavy atom. The summed E-state index contributed by atoms with van der Waals surface area (Å²) in [5.74, 6) is -9.69. The van der Waals surface area contributed by atoms with Gasteiger partial charge in [0.05, 0.1) is 71.9 Å². The molecule has 0 fully saturated rings. The number of rotatable bonds is 21. The fraction of sp³-hybridized carbons (Fsp3) is 0.333. The van der Waals surface area contributed by atoms with Gasteiger partial charge in [0.25, 0.3) is 0 Å². The average Bonchev–Trinajstić information content (AvgIpc) is 4.16. The van der Waals surface area contributed by atoms with E-state index in [-0.39, 0.29) is 39.9 Å². The predicted molar refractivity (Wildman–Crippen MR) is 203 cm³/mol. The molecule has 3 heterocycles. The van der Waals surface area contributed by atoms with Crippen LogP contribution in [0.5, 0.6) is 0 Å². The molecule has 0 aromatic carbocycles. The van der Waals surface area contributed by atoms with Gasteiger partial charge in [0.15, 0.2) is 18.9 Å². The SMILES string of the molecule is O=C([O-])C=Cc1c[nH]cn1.O=C([O-])C=Cc1c[nH]cn1.O=C([O-])C=Cc1c[nH]cn1.O=C[C@H](O)[C@@H](O)[C@H](O)[C@H](O)C(=O)[O-].O=C[C@H](O)[C@@H](O)[C@H](O)[C@H](O)C(=O)[O-].O=C[C@H](O)[C@@H](O)[C@H](O)[C@H](O)C(=O)[O-].[Mo+6]. The Labute approximate surface area is 404 Å². The topological polar surface area (TPSA) is 621 Å². The normalized spacial score (nSPS) is 15.6. The Bertz CT molecular complexity index is 1820. The van der Waals surface area contributed by atoms with Crippen molar-refractivity contribution in [3.63, 3.8) is 0 Å². The van der Waals surface area contributed by atoms with Gasteiger partial charge >= 0.3 is 21.1 Å². The van der Waals surface area contributed by atoms with E-state index in [4.69, 9.17) is 61.3 Å². The van der Waals surface area contributed by atoms with Gasteiger partial charge in [-0.25, -0.2) is 15.0 Å². The van der Waals surface area contributed by atoms with E-state index in [1.165, 1.54) is 37.2 Å². The van der Waals surface area contributed by atoms with E-state index >= 15 is 0 Å². The molecule has 34 heteroatoms. The largest absolute Gasteiger partial charge is 6.00 e. The number of aliphatic hydroxyl groups is 12. The maximum absolute atomic E-state index is 9.95. The van der Waals surface area contributed by atoms with Crippen molar-refractivity contribution in [2.45, 2.75) is 73.2 Å². The summed E-state index contributed by atoms with van der Waals surface area (Å²) in [5.41, 5.74) is 1.72. The van der Waals surface area contributed by atoms with Gasteiger partial charge in [-0.1, -0.05) is 0 Å². The van der Waals surface area contributed by atoms with Crippen LogP contribution < -0.4 is 30.6 Å². The number of carboxylic acid groups (broad SMARTS) is 6. The van der Waals surface area contributed by atoms with Crippen molar-refractivity contribution in [2.75, 3.05) is 0 Å². The summed E-state index contributed by atoms with van der Waals surface area (Å²) in [6.07, 6.45) is -9.97. The van der Waals surface area contributed by atoms with E-state index in [9.17, 15) is 73.8 Å². The van der Waals surface area contributed by atoms with Crippen molar-refractivity contribution in [1.29, 1.82) is 0 Å². The van der Waals surface area contributed by atoms with Crippen LogP contribution in [0.15, 0.2) is 55.8 Å². The van der Waals surface area contributed by atoms with Crippen molar-refractivity contribution < 1.29 is 156 Å². The molecule has 0 aliphatic carbocycles. The van der Waals surface area contributed by atoms with Gasteiger partial charge in [-0.15, -0.1) is 0 Å². The number of hydrogen-bond donors (Lipinski definition) is 15. The number of aliphatic carboxylic acids is 6. The van der Waals surface area contributed by atoms with Gasteiger partial charge in [-0.3, -0.25) is 0 Å². The molecule has 0 saturated heterocycles. The van der Waals surface area contributed by atoms with Crippen molar-refractivity contribution in [3.8, 4) is 0 Å². The first-order valence-electron chi connectivity index (χ1n) is 17.9. The average molecular weight is 1090 g/mol.